The van der Waals surface area contributed by atoms with E-state index < -0.39 is 17.9 Å². The molecule has 5 nitrogen and oxygen atoms in total. The predicted octanol–water partition coefficient (Wildman–Crippen LogP) is 1.69. The summed E-state index contributed by atoms with van der Waals surface area (Å²) in [6.07, 6.45) is 0.708. The van der Waals surface area contributed by atoms with Gasteiger partial charge >= 0.3 is 11.9 Å². The van der Waals surface area contributed by atoms with E-state index in [-0.39, 0.29) is 19.0 Å². The second-order valence-corrected chi connectivity index (χ2v) is 4.73. The Morgan fingerprint density at radius 2 is 1.62 bits per heavy atom. The molecule has 1 aromatic carbocycles. The molecule has 1 aromatic rings. The zero-order valence-corrected chi connectivity index (χ0v) is 12.6. The second kappa shape index (κ2) is 9.13. The molecule has 1 unspecified atom stereocenters. The van der Waals surface area contributed by atoms with E-state index in [0.717, 1.165) is 5.56 Å². The molecule has 0 amide bonds. The Balaban J connectivity index is 2.73. The van der Waals surface area contributed by atoms with E-state index in [4.69, 9.17) is 15.2 Å². The predicted molar refractivity (Wildman–Crippen MR) is 79.5 cm³/mol. The molecular formula is C16H23NO4. The SMILES string of the molecule is CCOC(=O)C(Cc1ccccc1)C[C@@H](N)C(=O)OCC. The van der Waals surface area contributed by atoms with E-state index in [1.165, 1.54) is 0 Å². The minimum atomic E-state index is -0.817. The Kier molecular flexibility index (Phi) is 7.46. The lowest BCUT2D eigenvalue weighted by Crippen LogP contribution is -2.37. The van der Waals surface area contributed by atoms with Crippen LogP contribution in [-0.2, 0) is 25.5 Å². The standard InChI is InChI=1S/C16H23NO4/c1-3-20-15(18)13(10-12-8-6-5-7-9-12)11-14(17)16(19)21-4-2/h5-9,13-14H,3-4,10-11,17H2,1-2H3/t13?,14-/m1/s1. The van der Waals surface area contributed by atoms with Crippen molar-refractivity contribution in [3.8, 4) is 0 Å². The van der Waals surface area contributed by atoms with Gasteiger partial charge in [-0.25, -0.2) is 0 Å². The Bertz CT molecular complexity index is 447. The molecule has 2 N–H and O–H groups in total. The molecule has 1 rings (SSSR count). The zero-order chi connectivity index (χ0) is 15.7. The van der Waals surface area contributed by atoms with Crippen LogP contribution in [0.2, 0.25) is 0 Å². The summed E-state index contributed by atoms with van der Waals surface area (Å²) in [6, 6.07) is 8.77. The van der Waals surface area contributed by atoms with Crippen LogP contribution in [0.1, 0.15) is 25.8 Å². The molecule has 0 aromatic heterocycles. The van der Waals surface area contributed by atoms with Gasteiger partial charge in [-0.3, -0.25) is 9.59 Å². The number of carbonyl (C=O) groups excluding carboxylic acids is 2. The van der Waals surface area contributed by atoms with Crippen LogP contribution in [0, 0.1) is 5.92 Å². The van der Waals surface area contributed by atoms with Crippen LogP contribution in [0.4, 0.5) is 0 Å². The lowest BCUT2D eigenvalue weighted by atomic mass is 9.93. The van der Waals surface area contributed by atoms with Crippen LogP contribution < -0.4 is 5.73 Å². The number of hydrogen-bond acceptors (Lipinski definition) is 5. The molecule has 0 saturated heterocycles. The first kappa shape index (κ1) is 17.2. The van der Waals surface area contributed by atoms with E-state index in [0.29, 0.717) is 13.0 Å². The summed E-state index contributed by atoms with van der Waals surface area (Å²) in [5, 5.41) is 0. The minimum Gasteiger partial charge on any atom is -0.466 e. The number of ether oxygens (including phenoxy) is 2. The van der Waals surface area contributed by atoms with Gasteiger partial charge in [0, 0.05) is 0 Å². The van der Waals surface area contributed by atoms with Crippen LogP contribution >= 0.6 is 0 Å². The van der Waals surface area contributed by atoms with Gasteiger partial charge in [0.25, 0.3) is 0 Å². The van der Waals surface area contributed by atoms with Crippen molar-refractivity contribution in [3.63, 3.8) is 0 Å². The van der Waals surface area contributed by atoms with Crippen molar-refractivity contribution in [1.82, 2.24) is 0 Å². The Morgan fingerprint density at radius 3 is 2.19 bits per heavy atom. The average molecular weight is 293 g/mol. The molecule has 5 heteroatoms. The van der Waals surface area contributed by atoms with Crippen molar-refractivity contribution >= 4 is 11.9 Å². The molecule has 21 heavy (non-hydrogen) atoms. The summed E-state index contributed by atoms with van der Waals surface area (Å²) >= 11 is 0. The number of benzene rings is 1. The fourth-order valence-corrected chi connectivity index (χ4v) is 2.07. The maximum absolute atomic E-state index is 12.0. The quantitative estimate of drug-likeness (QED) is 0.738. The van der Waals surface area contributed by atoms with Crippen LogP contribution in [0.15, 0.2) is 30.3 Å². The summed E-state index contributed by atoms with van der Waals surface area (Å²) in [4.78, 5) is 23.6. The van der Waals surface area contributed by atoms with E-state index in [1.807, 2.05) is 30.3 Å². The van der Waals surface area contributed by atoms with Gasteiger partial charge in [0.15, 0.2) is 0 Å². The van der Waals surface area contributed by atoms with Crippen molar-refractivity contribution in [1.29, 1.82) is 0 Å². The highest BCUT2D eigenvalue weighted by atomic mass is 16.5. The van der Waals surface area contributed by atoms with Gasteiger partial charge in [0.1, 0.15) is 6.04 Å². The van der Waals surface area contributed by atoms with Gasteiger partial charge < -0.3 is 15.2 Å². The third kappa shape index (κ3) is 5.95. The molecule has 0 aliphatic rings. The Morgan fingerprint density at radius 1 is 1.05 bits per heavy atom. The topological polar surface area (TPSA) is 78.6 Å². The van der Waals surface area contributed by atoms with Crippen LogP contribution in [0.25, 0.3) is 0 Å². The lowest BCUT2D eigenvalue weighted by molar-refractivity contribution is -0.150. The third-order valence-electron chi connectivity index (χ3n) is 3.07. The largest absolute Gasteiger partial charge is 0.466 e. The van der Waals surface area contributed by atoms with Gasteiger partial charge in [-0.05, 0) is 32.3 Å². The zero-order valence-electron chi connectivity index (χ0n) is 12.6. The first-order valence-corrected chi connectivity index (χ1v) is 7.21. The number of esters is 2. The van der Waals surface area contributed by atoms with Crippen LogP contribution in [0.5, 0.6) is 0 Å². The van der Waals surface area contributed by atoms with Gasteiger partial charge in [-0.2, -0.15) is 0 Å². The smallest absolute Gasteiger partial charge is 0.322 e. The van der Waals surface area contributed by atoms with Gasteiger partial charge in [0.05, 0.1) is 19.1 Å². The number of nitrogens with two attached hydrogens (primary N) is 1. The van der Waals surface area contributed by atoms with E-state index >= 15 is 0 Å². The van der Waals surface area contributed by atoms with E-state index in [9.17, 15) is 9.59 Å². The summed E-state index contributed by atoms with van der Waals surface area (Å²) in [5.41, 5.74) is 6.82. The Hall–Kier alpha value is -1.88. The number of carbonyl (C=O) groups is 2. The molecule has 0 aliphatic heterocycles. The molecule has 0 saturated carbocycles. The van der Waals surface area contributed by atoms with Crippen LogP contribution in [0.3, 0.4) is 0 Å². The summed E-state index contributed by atoms with van der Waals surface area (Å²) in [6.45, 7) is 4.05. The van der Waals surface area contributed by atoms with Crippen LogP contribution in [-0.4, -0.2) is 31.2 Å². The molecule has 0 fully saturated rings. The van der Waals surface area contributed by atoms with E-state index in [2.05, 4.69) is 0 Å². The Labute approximate surface area is 125 Å². The number of rotatable bonds is 8. The first-order valence-electron chi connectivity index (χ1n) is 7.21. The van der Waals surface area contributed by atoms with Gasteiger partial charge in [-0.15, -0.1) is 0 Å². The normalized spacial score (nSPS) is 13.3. The summed E-state index contributed by atoms with van der Waals surface area (Å²) < 4.78 is 9.95. The monoisotopic (exact) mass is 293 g/mol. The molecule has 0 heterocycles. The van der Waals surface area contributed by atoms with Crippen molar-refractivity contribution in [2.75, 3.05) is 13.2 Å². The highest BCUT2D eigenvalue weighted by molar-refractivity contribution is 5.78. The molecule has 0 radical (unpaired) electrons. The summed E-state index contributed by atoms with van der Waals surface area (Å²) in [7, 11) is 0. The molecule has 2 atom stereocenters. The van der Waals surface area contributed by atoms with Gasteiger partial charge in [0.2, 0.25) is 0 Å². The van der Waals surface area contributed by atoms with Crippen molar-refractivity contribution < 1.29 is 19.1 Å². The van der Waals surface area contributed by atoms with E-state index in [1.54, 1.807) is 13.8 Å². The average Bonchev–Trinajstić information content (AvgIpc) is 2.48. The molecular weight excluding hydrogens is 270 g/mol. The maximum atomic E-state index is 12.0. The third-order valence-corrected chi connectivity index (χ3v) is 3.07. The highest BCUT2D eigenvalue weighted by Gasteiger charge is 2.27. The first-order chi connectivity index (χ1) is 10.1. The molecule has 116 valence electrons. The second-order valence-electron chi connectivity index (χ2n) is 4.73. The fourth-order valence-electron chi connectivity index (χ4n) is 2.07. The van der Waals surface area contributed by atoms with Crippen molar-refractivity contribution in [2.24, 2.45) is 11.7 Å². The van der Waals surface area contributed by atoms with Gasteiger partial charge in [-0.1, -0.05) is 30.3 Å². The maximum Gasteiger partial charge on any atom is 0.322 e. The lowest BCUT2D eigenvalue weighted by Gasteiger charge is -2.19. The number of hydrogen-bond donors (Lipinski definition) is 1. The summed E-state index contributed by atoms with van der Waals surface area (Å²) in [5.74, 6) is -1.27. The fraction of sp³-hybridized carbons (Fsp3) is 0.500. The molecule has 0 bridgehead atoms. The minimum absolute atomic E-state index is 0.215. The molecule has 0 spiro atoms. The molecule has 0 aliphatic carbocycles. The highest BCUT2D eigenvalue weighted by Crippen LogP contribution is 2.16. The van der Waals surface area contributed by atoms with Crippen molar-refractivity contribution in [2.45, 2.75) is 32.7 Å². The van der Waals surface area contributed by atoms with Crippen molar-refractivity contribution in [3.05, 3.63) is 35.9 Å².